The average Bonchev–Trinajstić information content (AvgIpc) is 2.90. The molecule has 0 radical (unpaired) electrons. The number of fused-ring (bicyclic) bond motifs is 1. The summed E-state index contributed by atoms with van der Waals surface area (Å²) in [5, 5.41) is 15.9. The Morgan fingerprint density at radius 3 is 2.56 bits per heavy atom. The number of nitrogens with zero attached hydrogens (tertiary/aromatic N) is 1. The molecule has 0 fully saturated rings. The minimum Gasteiger partial charge on any atom is -0.508 e. The van der Waals surface area contributed by atoms with Gasteiger partial charge < -0.3 is 25.2 Å². The van der Waals surface area contributed by atoms with Gasteiger partial charge in [-0.2, -0.15) is 0 Å². The van der Waals surface area contributed by atoms with Crippen molar-refractivity contribution >= 4 is 35.6 Å². The molecule has 3 rings (SSSR count). The molecule has 0 aromatic heterocycles. The maximum atomic E-state index is 9.31. The molecule has 0 saturated carbocycles. The highest BCUT2D eigenvalue weighted by molar-refractivity contribution is 14.0. The molecule has 1 aliphatic heterocycles. The van der Waals surface area contributed by atoms with Crippen molar-refractivity contribution in [3.63, 3.8) is 0 Å². The Balaban J connectivity index is 0.00000261. The zero-order valence-electron chi connectivity index (χ0n) is 15.4. The van der Waals surface area contributed by atoms with Gasteiger partial charge in [0.05, 0.1) is 13.2 Å². The van der Waals surface area contributed by atoms with Gasteiger partial charge >= 0.3 is 0 Å². The van der Waals surface area contributed by atoms with Crippen molar-refractivity contribution in [2.24, 2.45) is 4.99 Å². The van der Waals surface area contributed by atoms with Gasteiger partial charge in [-0.15, -0.1) is 24.0 Å². The van der Waals surface area contributed by atoms with Crippen LogP contribution in [0.2, 0.25) is 0 Å². The topological polar surface area (TPSA) is 75.1 Å². The van der Waals surface area contributed by atoms with Gasteiger partial charge in [-0.1, -0.05) is 12.1 Å². The van der Waals surface area contributed by atoms with Crippen molar-refractivity contribution < 1.29 is 14.6 Å². The highest BCUT2D eigenvalue weighted by atomic mass is 127. The Morgan fingerprint density at radius 1 is 1.07 bits per heavy atom. The van der Waals surface area contributed by atoms with Crippen molar-refractivity contribution in [3.8, 4) is 17.2 Å². The lowest BCUT2D eigenvalue weighted by Crippen LogP contribution is -2.31. The fraction of sp³-hybridized carbons (Fsp3) is 0.350. The van der Waals surface area contributed by atoms with Crippen LogP contribution in [0.3, 0.4) is 0 Å². The lowest BCUT2D eigenvalue weighted by molar-refractivity contribution is 0.297. The van der Waals surface area contributed by atoms with Crippen molar-refractivity contribution in [1.82, 2.24) is 5.32 Å². The number of phenols is 1. The number of anilines is 1. The van der Waals surface area contributed by atoms with E-state index in [2.05, 4.69) is 15.6 Å². The first-order valence-electron chi connectivity index (χ1n) is 8.90. The molecule has 27 heavy (non-hydrogen) atoms. The fourth-order valence-corrected chi connectivity index (χ4v) is 2.72. The first kappa shape index (κ1) is 21.1. The number of aliphatic imine (C=N–C) groups is 1. The molecule has 0 atom stereocenters. The molecule has 146 valence electrons. The van der Waals surface area contributed by atoms with Gasteiger partial charge in [0.2, 0.25) is 0 Å². The Morgan fingerprint density at radius 2 is 1.81 bits per heavy atom. The van der Waals surface area contributed by atoms with Crippen molar-refractivity contribution in [2.75, 3.05) is 32.1 Å². The lowest BCUT2D eigenvalue weighted by atomic mass is 10.1. The van der Waals surface area contributed by atoms with Crippen molar-refractivity contribution in [1.29, 1.82) is 0 Å². The number of ether oxygens (including phenoxy) is 2. The number of halogens is 1. The number of nitrogens with one attached hydrogen (secondary N) is 2. The largest absolute Gasteiger partial charge is 0.508 e. The number of benzene rings is 2. The minimum absolute atomic E-state index is 0. The van der Waals surface area contributed by atoms with Crippen LogP contribution in [0.25, 0.3) is 0 Å². The molecule has 0 unspecified atom stereocenters. The molecular formula is C20H26IN3O3. The van der Waals surface area contributed by atoms with Gasteiger partial charge in [0.15, 0.2) is 17.5 Å². The number of aromatic hydroxyl groups is 1. The molecule has 0 spiro atoms. The van der Waals surface area contributed by atoms with E-state index in [4.69, 9.17) is 9.47 Å². The van der Waals surface area contributed by atoms with Crippen LogP contribution >= 0.6 is 24.0 Å². The number of rotatable bonds is 5. The van der Waals surface area contributed by atoms with Crippen LogP contribution in [0.15, 0.2) is 47.5 Å². The molecule has 2 aromatic rings. The third-order valence-corrected chi connectivity index (χ3v) is 4.10. The molecular weight excluding hydrogens is 457 g/mol. The van der Waals surface area contributed by atoms with Crippen LogP contribution in [-0.4, -0.2) is 37.9 Å². The summed E-state index contributed by atoms with van der Waals surface area (Å²) in [7, 11) is 1.75. The summed E-state index contributed by atoms with van der Waals surface area (Å²) in [6.45, 7) is 2.15. The highest BCUT2D eigenvalue weighted by Gasteiger charge is 2.11. The second kappa shape index (κ2) is 10.9. The van der Waals surface area contributed by atoms with E-state index >= 15 is 0 Å². The zero-order chi connectivity index (χ0) is 18.2. The second-order valence-corrected chi connectivity index (χ2v) is 6.11. The van der Waals surface area contributed by atoms with E-state index in [-0.39, 0.29) is 24.0 Å². The van der Waals surface area contributed by atoms with E-state index < -0.39 is 0 Å². The summed E-state index contributed by atoms with van der Waals surface area (Å²) in [5.41, 5.74) is 2.11. The van der Waals surface area contributed by atoms with Gasteiger partial charge in [-0.3, -0.25) is 4.99 Å². The third-order valence-electron chi connectivity index (χ3n) is 4.10. The molecule has 1 heterocycles. The number of hydrogen-bond acceptors (Lipinski definition) is 4. The molecule has 3 N–H and O–H groups in total. The Bertz CT molecular complexity index is 751. The quantitative estimate of drug-likeness (QED) is 0.261. The monoisotopic (exact) mass is 483 g/mol. The van der Waals surface area contributed by atoms with E-state index in [0.29, 0.717) is 24.9 Å². The van der Waals surface area contributed by atoms with Gasteiger partial charge in [0, 0.05) is 31.8 Å². The van der Waals surface area contributed by atoms with Crippen molar-refractivity contribution in [2.45, 2.75) is 19.3 Å². The predicted molar refractivity (Wildman–Crippen MR) is 119 cm³/mol. The van der Waals surface area contributed by atoms with E-state index in [1.165, 1.54) is 5.56 Å². The van der Waals surface area contributed by atoms with Crippen LogP contribution in [0, 0.1) is 0 Å². The van der Waals surface area contributed by atoms with E-state index in [1.54, 1.807) is 19.2 Å². The molecule has 0 saturated heterocycles. The second-order valence-electron chi connectivity index (χ2n) is 6.11. The number of hydrogen-bond donors (Lipinski definition) is 3. The van der Waals surface area contributed by atoms with Crippen LogP contribution < -0.4 is 20.1 Å². The molecule has 6 nitrogen and oxygen atoms in total. The Kier molecular flexibility index (Phi) is 8.50. The summed E-state index contributed by atoms with van der Waals surface area (Å²) >= 11 is 0. The number of aryl methyl sites for hydroxylation is 1. The van der Waals surface area contributed by atoms with Crippen LogP contribution in [0.1, 0.15) is 18.4 Å². The molecule has 0 aliphatic carbocycles. The number of phenolic OH excluding ortho intramolecular Hbond substituents is 1. The lowest BCUT2D eigenvalue weighted by Gasteiger charge is -2.14. The zero-order valence-corrected chi connectivity index (χ0v) is 17.7. The van der Waals surface area contributed by atoms with Gasteiger partial charge in [-0.25, -0.2) is 0 Å². The number of guanidine groups is 1. The van der Waals surface area contributed by atoms with E-state index in [9.17, 15) is 5.11 Å². The predicted octanol–water partition coefficient (Wildman–Crippen LogP) is 3.79. The maximum Gasteiger partial charge on any atom is 0.195 e. The molecule has 0 bridgehead atoms. The fourth-order valence-electron chi connectivity index (χ4n) is 2.72. The van der Waals surface area contributed by atoms with E-state index in [0.717, 1.165) is 43.0 Å². The molecule has 1 aliphatic rings. The highest BCUT2D eigenvalue weighted by Crippen LogP contribution is 2.32. The molecule has 2 aromatic carbocycles. The minimum atomic E-state index is 0. The smallest absolute Gasteiger partial charge is 0.195 e. The molecule has 0 amide bonds. The first-order chi connectivity index (χ1) is 12.7. The van der Waals surface area contributed by atoms with Crippen LogP contribution in [0.4, 0.5) is 5.69 Å². The maximum absolute atomic E-state index is 9.31. The summed E-state index contributed by atoms with van der Waals surface area (Å²) in [6.07, 6.45) is 2.79. The summed E-state index contributed by atoms with van der Waals surface area (Å²) in [4.78, 5) is 4.26. The van der Waals surface area contributed by atoms with Crippen molar-refractivity contribution in [3.05, 3.63) is 48.0 Å². The van der Waals surface area contributed by atoms with E-state index in [1.807, 2.05) is 30.3 Å². The summed E-state index contributed by atoms with van der Waals surface area (Å²) in [6, 6.07) is 13.1. The third kappa shape index (κ3) is 6.50. The normalized spacial score (nSPS) is 13.3. The Labute approximate surface area is 177 Å². The van der Waals surface area contributed by atoms with Crippen LogP contribution in [-0.2, 0) is 6.42 Å². The average molecular weight is 483 g/mol. The molecule has 7 heteroatoms. The van der Waals surface area contributed by atoms with Crippen LogP contribution in [0.5, 0.6) is 17.2 Å². The van der Waals surface area contributed by atoms with Gasteiger partial charge in [-0.05, 0) is 42.7 Å². The summed E-state index contributed by atoms with van der Waals surface area (Å²) in [5.74, 6) is 2.55. The first-order valence-corrected chi connectivity index (χ1v) is 8.90. The SMILES string of the molecule is CN=C(NCCCc1ccc(O)cc1)Nc1ccc2c(c1)OCCCO2.I. The van der Waals surface area contributed by atoms with Gasteiger partial charge in [0.25, 0.3) is 0 Å². The Hall–Kier alpha value is -2.16. The summed E-state index contributed by atoms with van der Waals surface area (Å²) < 4.78 is 11.4. The standard InChI is InChI=1S/C20H25N3O3.HI/c1-21-20(22-11-2-4-15-5-8-17(24)9-6-15)23-16-7-10-18-19(14-16)26-13-3-12-25-18;/h5-10,14,24H,2-4,11-13H2,1H3,(H2,21,22,23);1H. The van der Waals surface area contributed by atoms with Gasteiger partial charge in [0.1, 0.15) is 5.75 Å².